The van der Waals surface area contributed by atoms with Crippen molar-refractivity contribution >= 4 is 23.5 Å². The van der Waals surface area contributed by atoms with E-state index in [1.165, 1.54) is 4.57 Å². The molecule has 1 aromatic heterocycles. The van der Waals surface area contributed by atoms with Crippen molar-refractivity contribution in [2.24, 2.45) is 0 Å². The van der Waals surface area contributed by atoms with Crippen LogP contribution in [0.1, 0.15) is 54.2 Å². The minimum atomic E-state index is -1.27. The number of aliphatic carboxylic acids is 1. The van der Waals surface area contributed by atoms with Crippen LogP contribution in [0.2, 0.25) is 5.02 Å². The molecule has 1 amide bonds. The molecule has 1 heterocycles. The van der Waals surface area contributed by atoms with E-state index in [2.05, 4.69) is 10.3 Å². The molecule has 148 valence electrons. The molecule has 1 aliphatic rings. The zero-order chi connectivity index (χ0) is 20.3. The molecule has 0 atom stereocenters. The van der Waals surface area contributed by atoms with Gasteiger partial charge in [-0.25, -0.2) is 0 Å². The molecule has 2 aromatic rings. The first-order chi connectivity index (χ1) is 13.4. The summed E-state index contributed by atoms with van der Waals surface area (Å²) in [5.74, 6) is -2.69. The van der Waals surface area contributed by atoms with Crippen LogP contribution in [0.15, 0.2) is 29.1 Å². The number of nitrogens with one attached hydrogen (secondary N) is 1. The van der Waals surface area contributed by atoms with E-state index in [1.54, 1.807) is 24.3 Å². The Hall–Kier alpha value is -2.87. The lowest BCUT2D eigenvalue weighted by Crippen LogP contribution is -2.37. The molecule has 0 unspecified atom stereocenters. The zero-order valence-corrected chi connectivity index (χ0v) is 15.8. The number of carboxylic acid groups (broad SMARTS) is 1. The fourth-order valence-electron chi connectivity index (χ4n) is 3.47. The summed E-state index contributed by atoms with van der Waals surface area (Å²) in [5, 5.41) is 21.4. The average Bonchev–Trinajstić information content (AvgIpc) is 2.67. The van der Waals surface area contributed by atoms with Gasteiger partial charge in [-0.1, -0.05) is 43.0 Å². The van der Waals surface area contributed by atoms with Crippen LogP contribution in [0.3, 0.4) is 0 Å². The third-order valence-corrected chi connectivity index (χ3v) is 5.10. The number of halogens is 1. The van der Waals surface area contributed by atoms with Crippen molar-refractivity contribution in [1.82, 2.24) is 14.9 Å². The van der Waals surface area contributed by atoms with E-state index in [9.17, 15) is 19.5 Å². The van der Waals surface area contributed by atoms with Gasteiger partial charge in [0, 0.05) is 5.92 Å². The van der Waals surface area contributed by atoms with Crippen molar-refractivity contribution in [3.05, 3.63) is 51.0 Å². The Kier molecular flexibility index (Phi) is 5.99. The highest BCUT2D eigenvalue weighted by atomic mass is 35.5. The monoisotopic (exact) mass is 405 g/mol. The first-order valence-electron chi connectivity index (χ1n) is 9.01. The predicted molar refractivity (Wildman–Crippen MR) is 102 cm³/mol. The summed E-state index contributed by atoms with van der Waals surface area (Å²) < 4.78 is 1.26. The van der Waals surface area contributed by atoms with Crippen molar-refractivity contribution in [3.8, 4) is 11.6 Å². The third kappa shape index (κ3) is 4.01. The summed E-state index contributed by atoms with van der Waals surface area (Å²) in [6, 6.07) is 6.67. The maximum absolute atomic E-state index is 13.2. The Morgan fingerprint density at radius 3 is 2.54 bits per heavy atom. The Balaban J connectivity index is 2.19. The lowest BCUT2D eigenvalue weighted by molar-refractivity contribution is -0.135. The van der Waals surface area contributed by atoms with E-state index in [4.69, 9.17) is 16.7 Å². The summed E-state index contributed by atoms with van der Waals surface area (Å²) in [4.78, 5) is 40.4. The van der Waals surface area contributed by atoms with Gasteiger partial charge in [-0.05, 0) is 25.0 Å². The molecule has 3 N–H and O–H groups in total. The Morgan fingerprint density at radius 1 is 1.21 bits per heavy atom. The van der Waals surface area contributed by atoms with Crippen LogP contribution in [0.4, 0.5) is 0 Å². The highest BCUT2D eigenvalue weighted by Gasteiger charge is 2.28. The fraction of sp³-hybridized carbons (Fsp3) is 0.368. The van der Waals surface area contributed by atoms with Gasteiger partial charge in [0.25, 0.3) is 11.5 Å². The van der Waals surface area contributed by atoms with Gasteiger partial charge in [0.15, 0.2) is 5.56 Å². The first-order valence-corrected chi connectivity index (χ1v) is 9.38. The lowest BCUT2D eigenvalue weighted by atomic mass is 9.88. The fourth-order valence-corrected chi connectivity index (χ4v) is 3.69. The molecule has 28 heavy (non-hydrogen) atoms. The minimum absolute atomic E-state index is 0.0558. The highest BCUT2D eigenvalue weighted by Crippen LogP contribution is 2.34. The van der Waals surface area contributed by atoms with Crippen molar-refractivity contribution in [1.29, 1.82) is 0 Å². The zero-order valence-electron chi connectivity index (χ0n) is 15.0. The summed E-state index contributed by atoms with van der Waals surface area (Å²) >= 11 is 6.29. The number of aromatic hydroxyl groups is 1. The third-order valence-electron chi connectivity index (χ3n) is 4.78. The predicted octanol–water partition coefficient (Wildman–Crippen LogP) is 2.45. The van der Waals surface area contributed by atoms with Crippen LogP contribution in [-0.4, -0.2) is 38.2 Å². The Morgan fingerprint density at radius 2 is 1.89 bits per heavy atom. The van der Waals surface area contributed by atoms with Crippen molar-refractivity contribution in [3.63, 3.8) is 0 Å². The quantitative estimate of drug-likeness (QED) is 0.702. The maximum Gasteiger partial charge on any atom is 0.322 e. The van der Waals surface area contributed by atoms with E-state index < -0.39 is 35.4 Å². The second-order valence-corrected chi connectivity index (χ2v) is 7.08. The molecule has 1 fully saturated rings. The number of para-hydroxylation sites is 1. The number of carboxylic acids is 1. The van der Waals surface area contributed by atoms with Crippen LogP contribution in [-0.2, 0) is 4.79 Å². The molecular weight excluding hydrogens is 386 g/mol. The molecule has 0 radical (unpaired) electrons. The van der Waals surface area contributed by atoms with Crippen LogP contribution < -0.4 is 10.9 Å². The number of hydrogen-bond acceptors (Lipinski definition) is 5. The number of aromatic nitrogens is 2. The molecule has 1 aliphatic carbocycles. The molecule has 0 bridgehead atoms. The number of hydrogen-bond donors (Lipinski definition) is 3. The van der Waals surface area contributed by atoms with E-state index in [-0.39, 0.29) is 5.92 Å². The number of benzene rings is 1. The normalized spacial score (nSPS) is 14.6. The second kappa shape index (κ2) is 8.43. The highest BCUT2D eigenvalue weighted by molar-refractivity contribution is 6.32. The molecule has 1 saturated carbocycles. The van der Waals surface area contributed by atoms with Gasteiger partial charge in [0.2, 0.25) is 5.88 Å². The van der Waals surface area contributed by atoms with E-state index >= 15 is 0 Å². The molecule has 1 aromatic carbocycles. The van der Waals surface area contributed by atoms with Crippen LogP contribution in [0.5, 0.6) is 5.88 Å². The number of nitrogens with zero attached hydrogens (tertiary/aromatic N) is 2. The number of carbonyl (C=O) groups is 2. The maximum atomic E-state index is 13.2. The van der Waals surface area contributed by atoms with E-state index in [0.717, 1.165) is 32.1 Å². The van der Waals surface area contributed by atoms with Crippen LogP contribution in [0.25, 0.3) is 5.69 Å². The van der Waals surface area contributed by atoms with Crippen LogP contribution in [0, 0.1) is 0 Å². The van der Waals surface area contributed by atoms with Crippen LogP contribution >= 0.6 is 11.6 Å². The number of amides is 1. The SMILES string of the molecule is O=C(O)CNC(=O)c1c(O)nc(C2CCCCC2)n(-c2ccccc2Cl)c1=O. The van der Waals surface area contributed by atoms with Gasteiger partial charge in [0.05, 0.1) is 10.7 Å². The molecule has 9 heteroatoms. The summed E-state index contributed by atoms with van der Waals surface area (Å²) in [6.07, 6.45) is 4.66. The largest absolute Gasteiger partial charge is 0.493 e. The summed E-state index contributed by atoms with van der Waals surface area (Å²) in [7, 11) is 0. The summed E-state index contributed by atoms with van der Waals surface area (Å²) in [5.41, 5.74) is -1.04. The summed E-state index contributed by atoms with van der Waals surface area (Å²) in [6.45, 7) is -0.686. The Bertz CT molecular complexity index is 967. The van der Waals surface area contributed by atoms with E-state index in [0.29, 0.717) is 16.5 Å². The minimum Gasteiger partial charge on any atom is -0.493 e. The molecular formula is C19H20ClN3O5. The number of carbonyl (C=O) groups excluding carboxylic acids is 1. The van der Waals surface area contributed by atoms with Crippen molar-refractivity contribution in [2.75, 3.05) is 6.54 Å². The standard InChI is InChI=1S/C19H20ClN3O5/c20-12-8-4-5-9-13(12)23-16(11-6-2-1-3-7-11)22-18(27)15(19(23)28)17(26)21-10-14(24)25/h4-5,8-9,11,27H,1-3,6-7,10H2,(H,21,26)(H,24,25). The average molecular weight is 406 g/mol. The van der Waals surface area contributed by atoms with E-state index in [1.807, 2.05) is 0 Å². The smallest absolute Gasteiger partial charge is 0.322 e. The lowest BCUT2D eigenvalue weighted by Gasteiger charge is -2.25. The second-order valence-electron chi connectivity index (χ2n) is 6.67. The van der Waals surface area contributed by atoms with Gasteiger partial charge in [-0.3, -0.25) is 19.0 Å². The first kappa shape index (κ1) is 19.9. The Labute approximate surface area is 165 Å². The number of rotatable bonds is 5. The van der Waals surface area contributed by atoms with Gasteiger partial charge in [-0.2, -0.15) is 4.98 Å². The van der Waals surface area contributed by atoms with Gasteiger partial charge >= 0.3 is 5.97 Å². The van der Waals surface area contributed by atoms with Gasteiger partial charge < -0.3 is 15.5 Å². The van der Waals surface area contributed by atoms with Crippen molar-refractivity contribution < 1.29 is 19.8 Å². The molecule has 0 spiro atoms. The molecule has 0 aliphatic heterocycles. The van der Waals surface area contributed by atoms with Gasteiger partial charge in [-0.15, -0.1) is 0 Å². The topological polar surface area (TPSA) is 122 Å². The van der Waals surface area contributed by atoms with Gasteiger partial charge in [0.1, 0.15) is 12.4 Å². The van der Waals surface area contributed by atoms with Crippen molar-refractivity contribution in [2.45, 2.75) is 38.0 Å². The molecule has 0 saturated heterocycles. The molecule has 8 nitrogen and oxygen atoms in total. The molecule has 3 rings (SSSR count).